The summed E-state index contributed by atoms with van der Waals surface area (Å²) < 4.78 is 6.25. The summed E-state index contributed by atoms with van der Waals surface area (Å²) in [5, 5.41) is 0.433. The van der Waals surface area contributed by atoms with Gasteiger partial charge in [0.05, 0.1) is 0 Å². The summed E-state index contributed by atoms with van der Waals surface area (Å²) in [6, 6.07) is 0. The van der Waals surface area contributed by atoms with Crippen molar-refractivity contribution in [2.75, 3.05) is 6.26 Å². The number of ketones is 1. The Bertz CT molecular complexity index is 879. The minimum atomic E-state index is -0.146. The highest BCUT2D eigenvalue weighted by Gasteiger charge is 2.81. The number of fused-ring (bicyclic) bond motifs is 12. The molecule has 6 aliphatic carbocycles. The topological polar surface area (TPSA) is 43.4 Å². The molecule has 3 nitrogen and oxygen atoms in total. The molecule has 6 fully saturated rings. The van der Waals surface area contributed by atoms with Gasteiger partial charge in [0.2, 0.25) is 0 Å². The zero-order valence-corrected chi connectivity index (χ0v) is 18.6. The predicted molar refractivity (Wildman–Crippen MR) is 112 cm³/mol. The van der Waals surface area contributed by atoms with Gasteiger partial charge in [0, 0.05) is 34.8 Å². The molecule has 0 aromatic rings. The average molecular weight is 413 g/mol. The van der Waals surface area contributed by atoms with Crippen molar-refractivity contribution in [3.63, 3.8) is 0 Å². The predicted octanol–water partition coefficient (Wildman–Crippen LogP) is 4.65. The fraction of sp³-hybridized carbons (Fsp3) is 0.840. The first kappa shape index (κ1) is 17.9. The van der Waals surface area contributed by atoms with Gasteiger partial charge in [-0.3, -0.25) is 9.59 Å². The Kier molecular flexibility index (Phi) is 3.18. The first-order valence-corrected chi connectivity index (χ1v) is 13.1. The van der Waals surface area contributed by atoms with E-state index in [0.717, 1.165) is 36.5 Å². The first-order valence-electron chi connectivity index (χ1n) is 11.8. The van der Waals surface area contributed by atoms with Gasteiger partial charge in [0.1, 0.15) is 5.60 Å². The molecule has 1 aliphatic heterocycles. The van der Waals surface area contributed by atoms with E-state index in [1.165, 1.54) is 31.3 Å². The van der Waals surface area contributed by atoms with Crippen LogP contribution in [0, 0.1) is 52.3 Å². The van der Waals surface area contributed by atoms with Crippen LogP contribution in [0.2, 0.25) is 0 Å². The smallest absolute Gasteiger partial charge is 0.306 e. The summed E-state index contributed by atoms with van der Waals surface area (Å²) in [6.45, 7) is 5.02. The fourth-order valence-corrected chi connectivity index (χ4v) is 11.2. The van der Waals surface area contributed by atoms with Crippen LogP contribution in [-0.4, -0.2) is 28.9 Å². The van der Waals surface area contributed by atoms with E-state index in [9.17, 15) is 9.59 Å². The molecule has 0 radical (unpaired) electrons. The normalized spacial score (nSPS) is 61.1. The van der Waals surface area contributed by atoms with E-state index in [2.05, 4.69) is 26.2 Å². The van der Waals surface area contributed by atoms with Crippen molar-refractivity contribution < 1.29 is 14.3 Å². The lowest BCUT2D eigenvalue weighted by Gasteiger charge is -2.61. The summed E-state index contributed by atoms with van der Waals surface area (Å²) in [5.74, 6) is 5.48. The summed E-state index contributed by atoms with van der Waals surface area (Å²) in [7, 11) is 0. The third kappa shape index (κ3) is 1.83. The zero-order chi connectivity index (χ0) is 19.9. The molecule has 0 bridgehead atoms. The lowest BCUT2D eigenvalue weighted by molar-refractivity contribution is -0.177. The van der Waals surface area contributed by atoms with Gasteiger partial charge in [-0.2, -0.15) is 11.8 Å². The van der Waals surface area contributed by atoms with E-state index in [1.54, 1.807) is 0 Å². The molecule has 0 amide bonds. The van der Waals surface area contributed by atoms with Crippen LogP contribution in [0.25, 0.3) is 0 Å². The largest absolute Gasteiger partial charge is 0.458 e. The molecule has 7 rings (SSSR count). The van der Waals surface area contributed by atoms with Crippen LogP contribution in [0.3, 0.4) is 0 Å². The van der Waals surface area contributed by atoms with Gasteiger partial charge in [-0.25, -0.2) is 0 Å². The average Bonchev–Trinajstić information content (AvgIpc) is 3.59. The maximum Gasteiger partial charge on any atom is 0.306 e. The number of carbonyl (C=O) groups excluding carboxylic acids is 2. The fourth-order valence-electron chi connectivity index (χ4n) is 10.1. The third-order valence-electron chi connectivity index (χ3n) is 11.2. The molecule has 9 unspecified atom stereocenters. The van der Waals surface area contributed by atoms with Crippen molar-refractivity contribution in [1.29, 1.82) is 0 Å². The van der Waals surface area contributed by atoms with Crippen LogP contribution < -0.4 is 0 Å². The van der Waals surface area contributed by atoms with Crippen molar-refractivity contribution in [3.8, 4) is 0 Å². The number of carbonyl (C=O) groups is 2. The highest BCUT2D eigenvalue weighted by atomic mass is 32.2. The van der Waals surface area contributed by atoms with E-state index in [4.69, 9.17) is 4.74 Å². The Morgan fingerprint density at radius 1 is 1.10 bits per heavy atom. The highest BCUT2D eigenvalue weighted by Crippen LogP contribution is 2.82. The van der Waals surface area contributed by atoms with E-state index in [1.807, 2.05) is 11.8 Å². The molecule has 1 heterocycles. The molecular formula is C25H32O3S. The van der Waals surface area contributed by atoms with Crippen LogP contribution in [-0.2, 0) is 14.3 Å². The van der Waals surface area contributed by atoms with Gasteiger partial charge in [0.15, 0.2) is 5.78 Å². The molecule has 7 aliphatic rings. The van der Waals surface area contributed by atoms with Gasteiger partial charge < -0.3 is 4.74 Å². The summed E-state index contributed by atoms with van der Waals surface area (Å²) in [4.78, 5) is 24.7. The quantitative estimate of drug-likeness (QED) is 0.588. The monoisotopic (exact) mass is 412 g/mol. The van der Waals surface area contributed by atoms with Gasteiger partial charge >= 0.3 is 5.97 Å². The zero-order valence-electron chi connectivity index (χ0n) is 17.8. The minimum Gasteiger partial charge on any atom is -0.458 e. The third-order valence-corrected chi connectivity index (χ3v) is 12.5. The van der Waals surface area contributed by atoms with Gasteiger partial charge in [-0.1, -0.05) is 19.4 Å². The first-order chi connectivity index (χ1) is 13.8. The summed E-state index contributed by atoms with van der Waals surface area (Å²) in [6.07, 6.45) is 11.7. The van der Waals surface area contributed by atoms with Crippen LogP contribution in [0.5, 0.6) is 0 Å². The van der Waals surface area contributed by atoms with Gasteiger partial charge in [-0.05, 0) is 79.9 Å². The van der Waals surface area contributed by atoms with E-state index in [0.29, 0.717) is 35.2 Å². The number of hydrogen-bond acceptors (Lipinski definition) is 4. The number of hydrogen-bond donors (Lipinski definition) is 0. The molecule has 156 valence electrons. The molecule has 0 N–H and O–H groups in total. The second-order valence-corrected chi connectivity index (χ2v) is 12.9. The Morgan fingerprint density at radius 3 is 2.66 bits per heavy atom. The lowest BCUT2D eigenvalue weighted by atomic mass is 9.45. The van der Waals surface area contributed by atoms with Crippen molar-refractivity contribution in [1.82, 2.24) is 0 Å². The molecule has 11 atom stereocenters. The summed E-state index contributed by atoms with van der Waals surface area (Å²) >= 11 is 1.93. The van der Waals surface area contributed by atoms with Crippen LogP contribution in [0.15, 0.2) is 11.6 Å². The molecular weight excluding hydrogens is 380 g/mol. The number of ether oxygens (including phenoxy) is 1. The van der Waals surface area contributed by atoms with Crippen LogP contribution >= 0.6 is 11.8 Å². The molecule has 5 saturated carbocycles. The maximum absolute atomic E-state index is 12.5. The van der Waals surface area contributed by atoms with E-state index >= 15 is 0 Å². The van der Waals surface area contributed by atoms with Crippen molar-refractivity contribution >= 4 is 23.5 Å². The molecule has 1 saturated heterocycles. The molecule has 1 spiro atoms. The van der Waals surface area contributed by atoms with Crippen LogP contribution in [0.4, 0.5) is 0 Å². The number of thioether (sulfide) groups is 1. The lowest BCUT2D eigenvalue weighted by Crippen LogP contribution is -2.59. The maximum atomic E-state index is 12.5. The Labute approximate surface area is 177 Å². The summed E-state index contributed by atoms with van der Waals surface area (Å²) in [5.41, 5.74) is 1.74. The molecule has 4 heteroatoms. The van der Waals surface area contributed by atoms with E-state index < -0.39 is 0 Å². The van der Waals surface area contributed by atoms with Crippen molar-refractivity contribution in [2.24, 2.45) is 52.3 Å². The SMILES string of the molecule is CS[C@H]1CC(=O)C=C2C3CC3C3C(CCC4(C)C3C3CC3[C@@]43CCC(=O)O3)C21C. The number of esters is 1. The second kappa shape index (κ2) is 5.16. The Morgan fingerprint density at radius 2 is 1.93 bits per heavy atom. The Balaban J connectivity index is 1.34. The minimum absolute atomic E-state index is 0.0537. The molecule has 0 aromatic carbocycles. The van der Waals surface area contributed by atoms with Gasteiger partial charge in [-0.15, -0.1) is 0 Å². The molecule has 29 heavy (non-hydrogen) atoms. The standard InChI is InChI=1S/C25H32O3S/c1-23-6-4-16-21(22(23)15-11-18(15)25(23)7-5-20(27)28-25)14-10-13(14)17-8-12(26)9-19(29-3)24(16,17)2/h8,13-16,18-19,21-22H,4-7,9-11H2,1-3H3/t13?,14?,15?,16?,18?,19-,21?,22?,23?,24?,25-/m0/s1. The second-order valence-electron chi connectivity index (χ2n) is 11.8. The van der Waals surface area contributed by atoms with Crippen molar-refractivity contribution in [2.45, 2.75) is 69.6 Å². The van der Waals surface area contributed by atoms with E-state index in [-0.39, 0.29) is 22.4 Å². The molecule has 0 aromatic heterocycles. The highest BCUT2D eigenvalue weighted by molar-refractivity contribution is 7.99. The van der Waals surface area contributed by atoms with Crippen molar-refractivity contribution in [3.05, 3.63) is 11.6 Å². The number of rotatable bonds is 1. The Hall–Kier alpha value is -0.770. The van der Waals surface area contributed by atoms with Gasteiger partial charge in [0.25, 0.3) is 0 Å². The van der Waals surface area contributed by atoms with Crippen LogP contribution in [0.1, 0.15) is 58.8 Å². The number of allylic oxidation sites excluding steroid dienone is 1.